The Morgan fingerprint density at radius 2 is 2.40 bits per heavy atom. The maximum Gasteiger partial charge on any atom is 0.237 e. The summed E-state index contributed by atoms with van der Waals surface area (Å²) in [6.45, 7) is 1.45. The van der Waals surface area contributed by atoms with Gasteiger partial charge in [-0.3, -0.25) is 4.79 Å². The number of piperazine rings is 1. The van der Waals surface area contributed by atoms with Gasteiger partial charge in [-0.15, -0.1) is 0 Å². The summed E-state index contributed by atoms with van der Waals surface area (Å²) < 4.78 is 1.50. The maximum atomic E-state index is 11.4. The van der Waals surface area contributed by atoms with E-state index < -0.39 is 0 Å². The molecule has 0 saturated carbocycles. The van der Waals surface area contributed by atoms with Crippen LogP contribution in [0.3, 0.4) is 0 Å². The number of nitrogen functional groups attached to an aromatic ring is 1. The van der Waals surface area contributed by atoms with Crippen molar-refractivity contribution in [2.75, 3.05) is 18.8 Å². The highest BCUT2D eigenvalue weighted by Gasteiger charge is 2.23. The molecule has 2 rings (SSSR count). The minimum absolute atomic E-state index is 0.00715. The van der Waals surface area contributed by atoms with Crippen LogP contribution in [0, 0.1) is 0 Å². The van der Waals surface area contributed by atoms with Gasteiger partial charge in [-0.1, -0.05) is 0 Å². The number of carbonyl (C=O) groups is 1. The van der Waals surface area contributed by atoms with Gasteiger partial charge < -0.3 is 16.4 Å². The quantitative estimate of drug-likeness (QED) is 0.526. The molecule has 0 aromatic carbocycles. The Kier molecular flexibility index (Phi) is 2.55. The Morgan fingerprint density at radius 3 is 3.00 bits per heavy atom. The van der Waals surface area contributed by atoms with Crippen molar-refractivity contribution in [3.05, 3.63) is 5.82 Å². The molecule has 1 aliphatic rings. The van der Waals surface area contributed by atoms with E-state index in [0.717, 1.165) is 6.54 Å². The zero-order valence-corrected chi connectivity index (χ0v) is 8.53. The van der Waals surface area contributed by atoms with E-state index in [2.05, 4.69) is 20.7 Å². The summed E-state index contributed by atoms with van der Waals surface area (Å²) in [5.74, 6) is 0.943. The summed E-state index contributed by atoms with van der Waals surface area (Å²) in [5, 5.41) is 9.98. The van der Waals surface area contributed by atoms with Crippen LogP contribution in [0.4, 0.5) is 5.95 Å². The van der Waals surface area contributed by atoms with Crippen molar-refractivity contribution in [2.24, 2.45) is 7.05 Å². The van der Waals surface area contributed by atoms with Gasteiger partial charge >= 0.3 is 0 Å². The molecule has 0 aliphatic carbocycles. The highest BCUT2D eigenvalue weighted by molar-refractivity contribution is 5.82. The summed E-state index contributed by atoms with van der Waals surface area (Å²) in [6, 6.07) is -0.249. The predicted octanol–water partition coefficient (Wildman–Crippen LogP) is -1.97. The number of aromatic nitrogens is 3. The van der Waals surface area contributed by atoms with E-state index in [4.69, 9.17) is 5.73 Å². The molecule has 4 N–H and O–H groups in total. The SMILES string of the molecule is Cn1nc(CC2NCCNC2=O)nc1N. The van der Waals surface area contributed by atoms with Gasteiger partial charge in [0.2, 0.25) is 11.9 Å². The van der Waals surface area contributed by atoms with Crippen LogP contribution >= 0.6 is 0 Å². The third kappa shape index (κ3) is 2.07. The fraction of sp³-hybridized carbons (Fsp3) is 0.625. The first-order valence-electron chi connectivity index (χ1n) is 4.83. The number of aryl methyl sites for hydroxylation is 1. The van der Waals surface area contributed by atoms with Crippen molar-refractivity contribution in [1.29, 1.82) is 0 Å². The first-order chi connectivity index (χ1) is 7.16. The number of hydrogen-bond donors (Lipinski definition) is 3. The average molecular weight is 210 g/mol. The highest BCUT2D eigenvalue weighted by atomic mass is 16.2. The number of amides is 1. The van der Waals surface area contributed by atoms with Gasteiger partial charge in [0.15, 0.2) is 5.82 Å². The van der Waals surface area contributed by atoms with Gasteiger partial charge in [-0.2, -0.15) is 10.1 Å². The first-order valence-corrected chi connectivity index (χ1v) is 4.83. The number of nitrogens with two attached hydrogens (primary N) is 1. The average Bonchev–Trinajstić information content (AvgIpc) is 2.50. The molecule has 0 spiro atoms. The monoisotopic (exact) mass is 210 g/mol. The molecule has 82 valence electrons. The van der Waals surface area contributed by atoms with E-state index >= 15 is 0 Å². The van der Waals surface area contributed by atoms with Crippen LogP contribution in [0.5, 0.6) is 0 Å². The smallest absolute Gasteiger partial charge is 0.237 e. The molecule has 1 aromatic rings. The number of hydrogen-bond acceptors (Lipinski definition) is 5. The van der Waals surface area contributed by atoms with E-state index in [1.165, 1.54) is 4.68 Å². The second-order valence-electron chi connectivity index (χ2n) is 3.51. The summed E-state index contributed by atoms with van der Waals surface area (Å²) in [5.41, 5.74) is 5.55. The molecule has 1 aromatic heterocycles. The largest absolute Gasteiger partial charge is 0.368 e. The number of nitrogens with zero attached hydrogens (tertiary/aromatic N) is 3. The second kappa shape index (κ2) is 3.85. The van der Waals surface area contributed by atoms with Gasteiger partial charge in [-0.25, -0.2) is 4.68 Å². The minimum Gasteiger partial charge on any atom is -0.368 e. The molecule has 0 bridgehead atoms. The molecular weight excluding hydrogens is 196 g/mol. The van der Waals surface area contributed by atoms with Crippen molar-refractivity contribution < 1.29 is 4.79 Å². The summed E-state index contributed by atoms with van der Waals surface area (Å²) >= 11 is 0. The molecule has 1 amide bonds. The Hall–Kier alpha value is -1.63. The van der Waals surface area contributed by atoms with E-state index in [1.54, 1.807) is 7.05 Å². The fourth-order valence-electron chi connectivity index (χ4n) is 1.53. The normalized spacial score (nSPS) is 21.4. The van der Waals surface area contributed by atoms with Crippen LogP contribution in [0.25, 0.3) is 0 Å². The molecule has 15 heavy (non-hydrogen) atoms. The van der Waals surface area contributed by atoms with Crippen LogP contribution in [-0.2, 0) is 18.3 Å². The lowest BCUT2D eigenvalue weighted by molar-refractivity contribution is -0.124. The highest BCUT2D eigenvalue weighted by Crippen LogP contribution is 2.02. The Balaban J connectivity index is 2.04. The number of carbonyl (C=O) groups excluding carboxylic acids is 1. The van der Waals surface area contributed by atoms with E-state index in [-0.39, 0.29) is 11.9 Å². The van der Waals surface area contributed by atoms with Crippen molar-refractivity contribution in [3.8, 4) is 0 Å². The van der Waals surface area contributed by atoms with Crippen LogP contribution in [0.1, 0.15) is 5.82 Å². The molecule has 1 aliphatic heterocycles. The van der Waals surface area contributed by atoms with E-state index in [9.17, 15) is 4.79 Å². The summed E-state index contributed by atoms with van der Waals surface area (Å²) in [6.07, 6.45) is 0.469. The van der Waals surface area contributed by atoms with Gasteiger partial charge in [0.25, 0.3) is 0 Å². The molecule has 1 unspecified atom stereocenters. The number of nitrogens with one attached hydrogen (secondary N) is 2. The van der Waals surface area contributed by atoms with Gasteiger partial charge in [-0.05, 0) is 0 Å². The molecule has 1 saturated heterocycles. The maximum absolute atomic E-state index is 11.4. The first kappa shape index (κ1) is 9.91. The molecule has 2 heterocycles. The van der Waals surface area contributed by atoms with Crippen LogP contribution in [0.15, 0.2) is 0 Å². The lowest BCUT2D eigenvalue weighted by Gasteiger charge is -2.22. The van der Waals surface area contributed by atoms with Crippen molar-refractivity contribution in [1.82, 2.24) is 25.4 Å². The van der Waals surface area contributed by atoms with Crippen LogP contribution in [-0.4, -0.2) is 39.8 Å². The fourth-order valence-corrected chi connectivity index (χ4v) is 1.53. The second-order valence-corrected chi connectivity index (χ2v) is 3.51. The standard InChI is InChI=1S/C8H14N6O/c1-14-8(9)12-6(13-14)4-5-7(15)11-3-2-10-5/h5,10H,2-4H2,1H3,(H,11,15)(H2,9,12,13). The van der Waals surface area contributed by atoms with Gasteiger partial charge in [0.1, 0.15) is 0 Å². The predicted molar refractivity (Wildman–Crippen MR) is 53.9 cm³/mol. The van der Waals surface area contributed by atoms with E-state index in [0.29, 0.717) is 24.7 Å². The van der Waals surface area contributed by atoms with Crippen molar-refractivity contribution >= 4 is 11.9 Å². The zero-order chi connectivity index (χ0) is 10.8. The van der Waals surface area contributed by atoms with Crippen LogP contribution in [0.2, 0.25) is 0 Å². The number of rotatable bonds is 2. The molecule has 7 nitrogen and oxygen atoms in total. The molecule has 1 atom stereocenters. The summed E-state index contributed by atoms with van der Waals surface area (Å²) in [4.78, 5) is 15.5. The third-order valence-electron chi connectivity index (χ3n) is 2.36. The van der Waals surface area contributed by atoms with Crippen LogP contribution < -0.4 is 16.4 Å². The zero-order valence-electron chi connectivity index (χ0n) is 8.53. The van der Waals surface area contributed by atoms with Gasteiger partial charge in [0, 0.05) is 26.6 Å². The number of anilines is 1. The Morgan fingerprint density at radius 1 is 1.60 bits per heavy atom. The minimum atomic E-state index is -0.249. The topological polar surface area (TPSA) is 97.9 Å². The molecule has 1 fully saturated rings. The van der Waals surface area contributed by atoms with Crippen molar-refractivity contribution in [3.63, 3.8) is 0 Å². The molecular formula is C8H14N6O. The molecule has 0 radical (unpaired) electrons. The Labute approximate surface area is 87.0 Å². The van der Waals surface area contributed by atoms with E-state index in [1.807, 2.05) is 0 Å². The lowest BCUT2D eigenvalue weighted by atomic mass is 10.1. The lowest BCUT2D eigenvalue weighted by Crippen LogP contribution is -2.53. The third-order valence-corrected chi connectivity index (χ3v) is 2.36. The van der Waals surface area contributed by atoms with Crippen molar-refractivity contribution in [2.45, 2.75) is 12.5 Å². The molecule has 7 heteroatoms. The Bertz CT molecular complexity index is 354. The summed E-state index contributed by atoms with van der Waals surface area (Å²) in [7, 11) is 1.72. The van der Waals surface area contributed by atoms with Gasteiger partial charge in [0.05, 0.1) is 6.04 Å².